The number of ether oxygens (including phenoxy) is 4. The molecule has 3 atom stereocenters. The van der Waals surface area contributed by atoms with Crippen molar-refractivity contribution in [3.63, 3.8) is 0 Å². The second-order valence-electron chi connectivity index (χ2n) is 15.3. The van der Waals surface area contributed by atoms with Crippen LogP contribution in [0.25, 0.3) is 5.00 Å². The number of aryl methyl sites for hydroxylation is 2. The minimum absolute atomic E-state index is 0.00369. The van der Waals surface area contributed by atoms with Crippen molar-refractivity contribution < 1.29 is 42.9 Å². The summed E-state index contributed by atoms with van der Waals surface area (Å²) in [5.41, 5.74) is 5.61. The summed E-state index contributed by atoms with van der Waals surface area (Å²) in [4.78, 5) is 73.7. The second kappa shape index (κ2) is 18.9. The summed E-state index contributed by atoms with van der Waals surface area (Å²) in [7, 11) is 0. The van der Waals surface area contributed by atoms with E-state index in [1.54, 1.807) is 39.3 Å². The molecule has 2 N–H and O–H groups in total. The van der Waals surface area contributed by atoms with E-state index in [2.05, 4.69) is 34.7 Å². The monoisotopic (exact) mass is 886 g/mol. The molecule has 1 saturated heterocycles. The maximum absolute atomic E-state index is 13.4. The summed E-state index contributed by atoms with van der Waals surface area (Å²) in [5.74, 6) is -0.256. The second-order valence-corrected chi connectivity index (χ2v) is 16.9. The number of nitrogens with zero attached hydrogens (tertiary/aromatic N) is 6. The summed E-state index contributed by atoms with van der Waals surface area (Å²) in [5, 5.41) is 15.6. The van der Waals surface area contributed by atoms with Gasteiger partial charge in [-0.2, -0.15) is 0 Å². The predicted octanol–water partition coefficient (Wildman–Crippen LogP) is 4.07. The van der Waals surface area contributed by atoms with E-state index in [9.17, 15) is 24.0 Å². The van der Waals surface area contributed by atoms with Crippen LogP contribution in [0.5, 0.6) is 0 Å². The zero-order valence-corrected chi connectivity index (χ0v) is 36.2. The molecule has 326 valence electrons. The average molecular weight is 887 g/mol. The van der Waals surface area contributed by atoms with Gasteiger partial charge in [-0.15, -0.1) is 21.5 Å². The van der Waals surface area contributed by atoms with Crippen molar-refractivity contribution in [2.45, 2.75) is 64.6 Å². The van der Waals surface area contributed by atoms with Crippen molar-refractivity contribution in [1.29, 1.82) is 0 Å². The molecule has 0 aliphatic carbocycles. The van der Waals surface area contributed by atoms with Gasteiger partial charge in [0, 0.05) is 50.8 Å². The molecule has 17 nitrogen and oxygen atoms in total. The van der Waals surface area contributed by atoms with E-state index in [4.69, 9.17) is 35.5 Å². The van der Waals surface area contributed by atoms with E-state index in [0.717, 1.165) is 37.8 Å². The van der Waals surface area contributed by atoms with Gasteiger partial charge >= 0.3 is 0 Å². The normalized spacial score (nSPS) is 19.1. The highest BCUT2D eigenvalue weighted by Crippen LogP contribution is 2.47. The molecule has 4 aliphatic rings. The minimum Gasteiger partial charge on any atom is -0.377 e. The van der Waals surface area contributed by atoms with Crippen molar-refractivity contribution in [2.24, 2.45) is 4.99 Å². The first kappa shape index (κ1) is 43.3. The number of piperidine rings is 1. The third-order valence-electron chi connectivity index (χ3n) is 11.4. The molecule has 0 radical (unpaired) electrons. The summed E-state index contributed by atoms with van der Waals surface area (Å²) < 4.78 is 24.4. The van der Waals surface area contributed by atoms with Crippen LogP contribution in [0, 0.1) is 20.8 Å². The quantitative estimate of drug-likeness (QED) is 0.0882. The maximum atomic E-state index is 13.4. The summed E-state index contributed by atoms with van der Waals surface area (Å²) in [6, 6.07) is 11.1. The number of hydrogen-bond donors (Lipinski definition) is 2. The number of imide groups is 1. The fraction of sp³-hybridized carbons (Fsp3) is 0.442. The number of hydrogen-bond acceptors (Lipinski definition) is 13. The maximum Gasteiger partial charge on any atom is 0.255 e. The van der Waals surface area contributed by atoms with Crippen LogP contribution in [-0.4, -0.2) is 120 Å². The molecule has 19 heteroatoms. The van der Waals surface area contributed by atoms with E-state index in [0.29, 0.717) is 60.7 Å². The highest BCUT2D eigenvalue weighted by atomic mass is 35.5. The Bertz CT molecular complexity index is 2420. The first-order valence-corrected chi connectivity index (χ1v) is 21.7. The van der Waals surface area contributed by atoms with Crippen LogP contribution in [0.2, 0.25) is 5.02 Å². The summed E-state index contributed by atoms with van der Waals surface area (Å²) in [6.07, 6.45) is 0.949. The third-order valence-corrected chi connectivity index (χ3v) is 12.9. The number of carbonyl (C=O) groups excluding carboxylic acids is 5. The van der Waals surface area contributed by atoms with Gasteiger partial charge in [-0.3, -0.25) is 38.8 Å². The highest BCUT2D eigenvalue weighted by Gasteiger charge is 2.48. The zero-order valence-electron chi connectivity index (χ0n) is 34.6. The van der Waals surface area contributed by atoms with Gasteiger partial charge in [0.15, 0.2) is 5.82 Å². The fourth-order valence-electron chi connectivity index (χ4n) is 8.34. The van der Waals surface area contributed by atoms with E-state index in [1.807, 2.05) is 35.8 Å². The Morgan fingerprint density at radius 1 is 0.903 bits per heavy atom. The molecular formula is C43H47ClN8O9S. The number of amides is 5. The third kappa shape index (κ3) is 8.80. The number of aliphatic imine (C=N–C) groups is 1. The van der Waals surface area contributed by atoms with Crippen molar-refractivity contribution >= 4 is 63.9 Å². The molecule has 6 heterocycles. The zero-order chi connectivity index (χ0) is 43.5. The molecule has 2 aromatic heterocycles. The van der Waals surface area contributed by atoms with E-state index < -0.39 is 18.0 Å². The molecular weight excluding hydrogens is 840 g/mol. The number of thiophene rings is 1. The van der Waals surface area contributed by atoms with Gasteiger partial charge in [-0.1, -0.05) is 29.8 Å². The van der Waals surface area contributed by atoms with Crippen LogP contribution in [-0.2, 0) is 38.1 Å². The number of benzene rings is 2. The molecule has 1 fully saturated rings. The van der Waals surface area contributed by atoms with Crippen molar-refractivity contribution in [3.05, 3.63) is 91.8 Å². The molecule has 0 spiro atoms. The van der Waals surface area contributed by atoms with Crippen LogP contribution in [0.3, 0.4) is 0 Å². The van der Waals surface area contributed by atoms with Crippen LogP contribution in [0.15, 0.2) is 47.5 Å². The van der Waals surface area contributed by atoms with Gasteiger partial charge in [0.1, 0.15) is 36.2 Å². The number of fused-ring (bicyclic) bond motifs is 3. The average Bonchev–Trinajstić information content (AvgIpc) is 3.85. The van der Waals surface area contributed by atoms with Gasteiger partial charge in [0.2, 0.25) is 17.7 Å². The molecule has 0 saturated carbocycles. The molecule has 8 rings (SSSR count). The molecule has 2 aromatic carbocycles. The van der Waals surface area contributed by atoms with Gasteiger partial charge < -0.3 is 34.1 Å². The smallest absolute Gasteiger partial charge is 0.255 e. The van der Waals surface area contributed by atoms with Crippen molar-refractivity contribution in [1.82, 2.24) is 30.3 Å². The van der Waals surface area contributed by atoms with Gasteiger partial charge in [-0.25, -0.2) is 0 Å². The Balaban J connectivity index is 0.720. The Morgan fingerprint density at radius 2 is 1.63 bits per heavy atom. The van der Waals surface area contributed by atoms with Gasteiger partial charge in [0.05, 0.1) is 57.8 Å². The van der Waals surface area contributed by atoms with E-state index in [1.165, 1.54) is 0 Å². The molecule has 4 aromatic rings. The van der Waals surface area contributed by atoms with Crippen molar-refractivity contribution in [3.8, 4) is 5.00 Å². The lowest BCUT2D eigenvalue weighted by Crippen LogP contribution is -2.54. The lowest BCUT2D eigenvalue weighted by Gasteiger charge is -2.39. The topological polar surface area (TPSA) is 196 Å². The van der Waals surface area contributed by atoms with Crippen molar-refractivity contribution in [2.75, 3.05) is 64.4 Å². The summed E-state index contributed by atoms with van der Waals surface area (Å²) >= 11 is 7.86. The molecule has 5 amide bonds. The fourth-order valence-corrected chi connectivity index (χ4v) is 9.68. The van der Waals surface area contributed by atoms with Crippen LogP contribution in [0.1, 0.15) is 86.9 Å². The van der Waals surface area contributed by atoms with Crippen LogP contribution >= 0.6 is 22.9 Å². The number of anilines is 1. The number of aromatic nitrogens is 3. The Hall–Kier alpha value is -5.37. The number of rotatable bonds is 17. The van der Waals surface area contributed by atoms with Crippen LogP contribution in [0.4, 0.5) is 5.69 Å². The van der Waals surface area contributed by atoms with E-state index in [-0.39, 0.29) is 82.1 Å². The standard InChI is InChI=1S/C43H47ClN8O9S/c1-24-25(2)62-43-37(24)39(27-7-9-28(44)10-8-27)46-30(40-49-48-26(3)51(40)43)21-35(54)45-23-61-20-18-59-16-15-58-17-19-60-22-36(55)50-14-13-32-38-29(5-4-6-31(38)50)42(57)52(32)33-11-12-34(53)47-41(33)56/h4-10,30,32-33H,11-23H2,1-3H3,(H,45,54)(H,47,53,56)/t30-,32?,33?/m0/s1. The Labute approximate surface area is 366 Å². The summed E-state index contributed by atoms with van der Waals surface area (Å²) in [6.45, 7) is 7.87. The first-order chi connectivity index (χ1) is 30.0. The lowest BCUT2D eigenvalue weighted by atomic mass is 9.94. The van der Waals surface area contributed by atoms with Crippen LogP contribution < -0.4 is 15.5 Å². The largest absolute Gasteiger partial charge is 0.377 e. The minimum atomic E-state index is -0.731. The lowest BCUT2D eigenvalue weighted by molar-refractivity contribution is -0.137. The molecule has 4 aliphatic heterocycles. The Kier molecular flexibility index (Phi) is 13.2. The molecule has 62 heavy (non-hydrogen) atoms. The number of halogens is 1. The Morgan fingerprint density at radius 3 is 2.37 bits per heavy atom. The first-order valence-electron chi connectivity index (χ1n) is 20.6. The highest BCUT2D eigenvalue weighted by molar-refractivity contribution is 7.15. The number of carbonyl (C=O) groups is 5. The van der Waals surface area contributed by atoms with Gasteiger partial charge in [0.25, 0.3) is 11.8 Å². The predicted molar refractivity (Wildman–Crippen MR) is 228 cm³/mol. The number of nitrogens with one attached hydrogen (secondary N) is 2. The van der Waals surface area contributed by atoms with Gasteiger partial charge in [-0.05, 0) is 63.4 Å². The molecule has 0 bridgehead atoms. The molecule has 2 unspecified atom stereocenters. The SMILES string of the molecule is Cc1sc2c(c1C)C(c1ccc(Cl)cc1)=N[C@@H](CC(=O)NCOCCOCCOCCOCC(=O)N1CCC3c4c(cccc41)C(=O)N3C1CCC(=O)NC1=O)c1nnc(C)n1-2. The van der Waals surface area contributed by atoms with E-state index >= 15 is 0 Å².